The molecule has 104 valence electrons. The van der Waals surface area contributed by atoms with E-state index in [1.165, 1.54) is 0 Å². The van der Waals surface area contributed by atoms with Crippen molar-refractivity contribution in [2.24, 2.45) is 0 Å². The lowest BCUT2D eigenvalue weighted by atomic mass is 10.0. The Bertz CT molecular complexity index is 456. The summed E-state index contributed by atoms with van der Waals surface area (Å²) >= 11 is 3.41. The van der Waals surface area contributed by atoms with Crippen LogP contribution >= 0.6 is 15.9 Å². The van der Waals surface area contributed by atoms with Crippen LogP contribution < -0.4 is 10.6 Å². The van der Waals surface area contributed by atoms with Crippen molar-refractivity contribution in [1.29, 1.82) is 0 Å². The smallest absolute Gasteiger partial charge is 0.244 e. The number of anilines is 1. The number of nitrogens with one attached hydrogen (secondary N) is 2. The third kappa shape index (κ3) is 3.55. The molecule has 1 aliphatic heterocycles. The van der Waals surface area contributed by atoms with E-state index in [0.717, 1.165) is 36.3 Å². The van der Waals surface area contributed by atoms with Crippen molar-refractivity contribution >= 4 is 27.5 Å². The lowest BCUT2D eigenvalue weighted by Gasteiger charge is -2.39. The molecule has 5 heteroatoms. The van der Waals surface area contributed by atoms with Crippen LogP contribution in [0.3, 0.4) is 0 Å². The quantitative estimate of drug-likeness (QED) is 0.894. The summed E-state index contributed by atoms with van der Waals surface area (Å²) in [6.45, 7) is 7.64. The fraction of sp³-hybridized carbons (Fsp3) is 0.500. The number of benzene rings is 1. The molecule has 1 aromatic rings. The van der Waals surface area contributed by atoms with Gasteiger partial charge in [-0.05, 0) is 32.0 Å². The number of hydrogen-bond donors (Lipinski definition) is 2. The molecular formula is C14H20BrN3O. The molecule has 2 rings (SSSR count). The minimum absolute atomic E-state index is 0.0347. The van der Waals surface area contributed by atoms with E-state index < -0.39 is 5.54 Å². The number of nitrogens with zero attached hydrogens (tertiary/aromatic N) is 1. The van der Waals surface area contributed by atoms with Gasteiger partial charge in [-0.2, -0.15) is 0 Å². The number of halogens is 1. The van der Waals surface area contributed by atoms with E-state index in [9.17, 15) is 4.79 Å². The molecule has 1 aliphatic rings. The van der Waals surface area contributed by atoms with Gasteiger partial charge in [-0.1, -0.05) is 22.0 Å². The summed E-state index contributed by atoms with van der Waals surface area (Å²) in [5, 5.41) is 6.29. The number of rotatable bonds is 3. The Balaban J connectivity index is 2.05. The van der Waals surface area contributed by atoms with Crippen molar-refractivity contribution in [3.05, 3.63) is 28.7 Å². The Kier molecular flexibility index (Phi) is 4.60. The number of amides is 1. The SMILES string of the molecule is CC(C)(C(=O)Nc1cccc(Br)c1)N1CCNCC1. The first-order valence-electron chi connectivity index (χ1n) is 6.53. The normalized spacial score (nSPS) is 17.2. The lowest BCUT2D eigenvalue weighted by Crippen LogP contribution is -2.58. The summed E-state index contributed by atoms with van der Waals surface area (Å²) in [6, 6.07) is 7.66. The van der Waals surface area contributed by atoms with Crippen molar-refractivity contribution < 1.29 is 4.79 Å². The summed E-state index contributed by atoms with van der Waals surface area (Å²) in [4.78, 5) is 14.7. The summed E-state index contributed by atoms with van der Waals surface area (Å²) in [5.74, 6) is 0.0347. The summed E-state index contributed by atoms with van der Waals surface area (Å²) < 4.78 is 0.963. The molecule has 19 heavy (non-hydrogen) atoms. The van der Waals surface area contributed by atoms with Crippen LogP contribution in [0, 0.1) is 0 Å². The summed E-state index contributed by atoms with van der Waals surface area (Å²) in [7, 11) is 0. The second-order valence-electron chi connectivity index (χ2n) is 5.26. The zero-order valence-corrected chi connectivity index (χ0v) is 13.0. The average Bonchev–Trinajstić information content (AvgIpc) is 2.39. The van der Waals surface area contributed by atoms with E-state index >= 15 is 0 Å². The van der Waals surface area contributed by atoms with Gasteiger partial charge in [0.05, 0.1) is 5.54 Å². The molecule has 2 N–H and O–H groups in total. The lowest BCUT2D eigenvalue weighted by molar-refractivity contribution is -0.126. The third-order valence-corrected chi connectivity index (χ3v) is 4.04. The second kappa shape index (κ2) is 6.03. The van der Waals surface area contributed by atoms with Crippen LogP contribution in [0.15, 0.2) is 28.7 Å². The molecule has 0 bridgehead atoms. The molecule has 1 heterocycles. The van der Waals surface area contributed by atoms with Crippen molar-refractivity contribution in [3.8, 4) is 0 Å². The molecule has 1 aromatic carbocycles. The van der Waals surface area contributed by atoms with E-state index in [1.54, 1.807) is 0 Å². The Hall–Kier alpha value is -0.910. The van der Waals surface area contributed by atoms with Crippen LogP contribution in [0.5, 0.6) is 0 Å². The van der Waals surface area contributed by atoms with Gasteiger partial charge in [0.1, 0.15) is 0 Å². The van der Waals surface area contributed by atoms with Gasteiger partial charge in [-0.3, -0.25) is 9.69 Å². The summed E-state index contributed by atoms with van der Waals surface area (Å²) in [6.07, 6.45) is 0. The molecule has 4 nitrogen and oxygen atoms in total. The molecular weight excluding hydrogens is 306 g/mol. The highest BCUT2D eigenvalue weighted by atomic mass is 79.9. The second-order valence-corrected chi connectivity index (χ2v) is 6.18. The molecule has 0 saturated carbocycles. The molecule has 0 atom stereocenters. The van der Waals surface area contributed by atoms with Crippen molar-refractivity contribution in [2.75, 3.05) is 31.5 Å². The van der Waals surface area contributed by atoms with Gasteiger partial charge >= 0.3 is 0 Å². The highest BCUT2D eigenvalue weighted by Crippen LogP contribution is 2.20. The fourth-order valence-electron chi connectivity index (χ4n) is 2.22. The molecule has 1 amide bonds. The van der Waals surface area contributed by atoms with Crippen molar-refractivity contribution in [2.45, 2.75) is 19.4 Å². The zero-order chi connectivity index (χ0) is 13.9. The van der Waals surface area contributed by atoms with Gasteiger partial charge in [0, 0.05) is 36.3 Å². The topological polar surface area (TPSA) is 44.4 Å². The van der Waals surface area contributed by atoms with Gasteiger partial charge in [-0.25, -0.2) is 0 Å². The monoisotopic (exact) mass is 325 g/mol. The Morgan fingerprint density at radius 3 is 2.68 bits per heavy atom. The van der Waals surface area contributed by atoms with Crippen LogP contribution in [0.4, 0.5) is 5.69 Å². The van der Waals surface area contributed by atoms with Gasteiger partial charge in [-0.15, -0.1) is 0 Å². The number of carbonyl (C=O) groups is 1. The maximum absolute atomic E-state index is 12.5. The van der Waals surface area contributed by atoms with Crippen LogP contribution in [-0.4, -0.2) is 42.5 Å². The van der Waals surface area contributed by atoms with Crippen molar-refractivity contribution in [1.82, 2.24) is 10.2 Å². The van der Waals surface area contributed by atoms with Gasteiger partial charge in [0.2, 0.25) is 5.91 Å². The van der Waals surface area contributed by atoms with E-state index in [1.807, 2.05) is 38.1 Å². The van der Waals surface area contributed by atoms with E-state index in [-0.39, 0.29) is 5.91 Å². The largest absolute Gasteiger partial charge is 0.324 e. The van der Waals surface area contributed by atoms with Crippen LogP contribution in [0.2, 0.25) is 0 Å². The maximum atomic E-state index is 12.5. The van der Waals surface area contributed by atoms with Crippen LogP contribution in [-0.2, 0) is 4.79 Å². The fourth-order valence-corrected chi connectivity index (χ4v) is 2.62. The van der Waals surface area contributed by atoms with E-state index in [0.29, 0.717) is 0 Å². The highest BCUT2D eigenvalue weighted by Gasteiger charge is 2.35. The van der Waals surface area contributed by atoms with Gasteiger partial charge in [0.25, 0.3) is 0 Å². The molecule has 0 spiro atoms. The molecule has 1 fully saturated rings. The maximum Gasteiger partial charge on any atom is 0.244 e. The predicted molar refractivity (Wildman–Crippen MR) is 81.3 cm³/mol. The minimum atomic E-state index is -0.496. The molecule has 0 aromatic heterocycles. The first kappa shape index (κ1) is 14.5. The van der Waals surface area contributed by atoms with E-state index in [4.69, 9.17) is 0 Å². The van der Waals surface area contributed by atoms with Gasteiger partial charge in [0.15, 0.2) is 0 Å². The highest BCUT2D eigenvalue weighted by molar-refractivity contribution is 9.10. The molecule has 0 radical (unpaired) electrons. The zero-order valence-electron chi connectivity index (χ0n) is 11.4. The number of hydrogen-bond acceptors (Lipinski definition) is 3. The predicted octanol–water partition coefficient (Wildman–Crippen LogP) is 2.07. The Morgan fingerprint density at radius 2 is 2.05 bits per heavy atom. The number of carbonyl (C=O) groups excluding carboxylic acids is 1. The van der Waals surface area contributed by atoms with Crippen molar-refractivity contribution in [3.63, 3.8) is 0 Å². The van der Waals surface area contributed by atoms with Gasteiger partial charge < -0.3 is 10.6 Å². The Labute approximate surface area is 122 Å². The van der Waals surface area contributed by atoms with E-state index in [2.05, 4.69) is 31.5 Å². The van der Waals surface area contributed by atoms with Crippen LogP contribution in [0.1, 0.15) is 13.8 Å². The standard InChI is InChI=1S/C14H20BrN3O/c1-14(2,18-8-6-16-7-9-18)13(19)17-12-5-3-4-11(15)10-12/h3-5,10,16H,6-9H2,1-2H3,(H,17,19). The minimum Gasteiger partial charge on any atom is -0.324 e. The summed E-state index contributed by atoms with van der Waals surface area (Å²) in [5.41, 5.74) is 0.326. The number of piperazine rings is 1. The molecule has 0 unspecified atom stereocenters. The average molecular weight is 326 g/mol. The first-order chi connectivity index (χ1) is 9.00. The molecule has 0 aliphatic carbocycles. The van der Waals surface area contributed by atoms with Crippen LogP contribution in [0.25, 0.3) is 0 Å². The Morgan fingerprint density at radius 1 is 1.37 bits per heavy atom. The first-order valence-corrected chi connectivity index (χ1v) is 7.32. The third-order valence-electron chi connectivity index (χ3n) is 3.55. The molecule has 1 saturated heterocycles.